The molecule has 0 aliphatic carbocycles. The number of piperidine rings is 1. The first-order valence-corrected chi connectivity index (χ1v) is 8.33. The van der Waals surface area contributed by atoms with E-state index in [1.54, 1.807) is 7.11 Å². The van der Waals surface area contributed by atoms with Gasteiger partial charge in [0.2, 0.25) is 0 Å². The van der Waals surface area contributed by atoms with E-state index in [0.29, 0.717) is 13.1 Å². The largest absolute Gasteiger partial charge is 0.396 e. The van der Waals surface area contributed by atoms with Crippen molar-refractivity contribution in [2.75, 3.05) is 32.1 Å². The van der Waals surface area contributed by atoms with E-state index in [9.17, 15) is 9.90 Å². The average molecular weight is 320 g/mol. The molecule has 5 nitrogen and oxygen atoms in total. The topological polar surface area (TPSA) is 61.8 Å². The van der Waals surface area contributed by atoms with Crippen molar-refractivity contribution in [3.63, 3.8) is 0 Å². The molecule has 1 aliphatic heterocycles. The van der Waals surface area contributed by atoms with Gasteiger partial charge < -0.3 is 20.1 Å². The molecule has 1 aromatic rings. The lowest BCUT2D eigenvalue weighted by Gasteiger charge is -2.40. The summed E-state index contributed by atoms with van der Waals surface area (Å²) in [5, 5.41) is 12.5. The number of nitrogens with zero attached hydrogens (tertiary/aromatic N) is 1. The van der Waals surface area contributed by atoms with Crippen molar-refractivity contribution in [1.82, 2.24) is 4.90 Å². The lowest BCUT2D eigenvalue weighted by atomic mass is 9.77. The highest BCUT2D eigenvalue weighted by Crippen LogP contribution is 2.34. The molecule has 5 heteroatoms. The second-order valence-electron chi connectivity index (χ2n) is 6.43. The van der Waals surface area contributed by atoms with E-state index in [1.807, 2.05) is 36.1 Å². The van der Waals surface area contributed by atoms with E-state index in [-0.39, 0.29) is 24.2 Å². The fourth-order valence-electron chi connectivity index (χ4n) is 3.02. The summed E-state index contributed by atoms with van der Waals surface area (Å²) in [5.74, 6) is 0. The summed E-state index contributed by atoms with van der Waals surface area (Å²) in [6, 6.07) is 7.67. The lowest BCUT2D eigenvalue weighted by molar-refractivity contribution is 0.0542. The van der Waals surface area contributed by atoms with Crippen LogP contribution in [0.1, 0.15) is 44.8 Å². The average Bonchev–Trinajstić information content (AvgIpc) is 2.61. The number of aliphatic hydroxyl groups is 1. The van der Waals surface area contributed by atoms with E-state index in [4.69, 9.17) is 4.74 Å². The summed E-state index contributed by atoms with van der Waals surface area (Å²) >= 11 is 0. The molecule has 2 rings (SSSR count). The van der Waals surface area contributed by atoms with Crippen molar-refractivity contribution in [1.29, 1.82) is 0 Å². The number of carbonyl (C=O) groups is 1. The first kappa shape index (κ1) is 17.8. The smallest absolute Gasteiger partial charge is 0.321 e. The van der Waals surface area contributed by atoms with Gasteiger partial charge in [0.15, 0.2) is 0 Å². The number of rotatable bonds is 5. The highest BCUT2D eigenvalue weighted by atomic mass is 16.5. The van der Waals surface area contributed by atoms with Crippen LogP contribution in [-0.2, 0) is 4.74 Å². The number of aliphatic hydroxyl groups excluding tert-OH is 1. The normalized spacial score (nSPS) is 18.5. The quantitative estimate of drug-likeness (QED) is 0.874. The number of carbonyl (C=O) groups excluding carboxylic acids is 1. The van der Waals surface area contributed by atoms with Crippen LogP contribution in [0, 0.1) is 5.41 Å². The Hall–Kier alpha value is -1.59. The second kappa shape index (κ2) is 7.79. The molecule has 1 heterocycles. The molecular formula is C18H28N2O3. The first-order chi connectivity index (χ1) is 11.0. The fraction of sp³-hybridized carbons (Fsp3) is 0.611. The monoisotopic (exact) mass is 320 g/mol. The maximum absolute atomic E-state index is 12.4. The van der Waals surface area contributed by atoms with Crippen molar-refractivity contribution in [2.24, 2.45) is 5.41 Å². The zero-order valence-corrected chi connectivity index (χ0v) is 14.3. The number of likely N-dealkylation sites (tertiary alicyclic amines) is 1. The van der Waals surface area contributed by atoms with Crippen LogP contribution in [0.2, 0.25) is 0 Å². The Morgan fingerprint density at radius 3 is 2.70 bits per heavy atom. The van der Waals surface area contributed by atoms with E-state index >= 15 is 0 Å². The van der Waals surface area contributed by atoms with Gasteiger partial charge in [0.05, 0.1) is 6.10 Å². The van der Waals surface area contributed by atoms with Crippen LogP contribution >= 0.6 is 0 Å². The highest BCUT2D eigenvalue weighted by Gasteiger charge is 2.33. The summed E-state index contributed by atoms with van der Waals surface area (Å²) in [5.41, 5.74) is 1.81. The Kier molecular flexibility index (Phi) is 6.02. The molecule has 2 N–H and O–H groups in total. The van der Waals surface area contributed by atoms with Gasteiger partial charge in [-0.3, -0.25) is 0 Å². The number of benzene rings is 1. The van der Waals surface area contributed by atoms with Gasteiger partial charge in [-0.05, 0) is 49.3 Å². The molecule has 1 fully saturated rings. The molecule has 23 heavy (non-hydrogen) atoms. The van der Waals surface area contributed by atoms with Crippen LogP contribution in [0.4, 0.5) is 10.5 Å². The molecule has 1 saturated heterocycles. The SMILES string of the molecule is CCC1(CO)CCN(C(=O)Nc2cccc(C(C)OC)c2)CC1. The number of amides is 2. The molecule has 0 saturated carbocycles. The Morgan fingerprint density at radius 2 is 2.13 bits per heavy atom. The molecule has 0 bridgehead atoms. The Bertz CT molecular complexity index is 519. The third-order valence-corrected chi connectivity index (χ3v) is 5.16. The Balaban J connectivity index is 1.95. The predicted octanol–water partition coefficient (Wildman–Crippen LogP) is 3.41. The van der Waals surface area contributed by atoms with Crippen molar-refractivity contribution < 1.29 is 14.6 Å². The van der Waals surface area contributed by atoms with E-state index in [0.717, 1.165) is 30.5 Å². The summed E-state index contributed by atoms with van der Waals surface area (Å²) < 4.78 is 5.31. The minimum Gasteiger partial charge on any atom is -0.396 e. The molecule has 0 spiro atoms. The molecule has 0 aromatic heterocycles. The van der Waals surface area contributed by atoms with Crippen LogP contribution < -0.4 is 5.32 Å². The van der Waals surface area contributed by atoms with Gasteiger partial charge in [-0.2, -0.15) is 0 Å². The molecule has 128 valence electrons. The van der Waals surface area contributed by atoms with Crippen LogP contribution in [-0.4, -0.2) is 42.8 Å². The molecule has 1 unspecified atom stereocenters. The van der Waals surface area contributed by atoms with Gasteiger partial charge in [-0.1, -0.05) is 19.1 Å². The van der Waals surface area contributed by atoms with Gasteiger partial charge >= 0.3 is 6.03 Å². The Morgan fingerprint density at radius 1 is 1.43 bits per heavy atom. The highest BCUT2D eigenvalue weighted by molar-refractivity contribution is 5.89. The number of nitrogens with one attached hydrogen (secondary N) is 1. The summed E-state index contributed by atoms with van der Waals surface area (Å²) in [7, 11) is 1.67. The summed E-state index contributed by atoms with van der Waals surface area (Å²) in [4.78, 5) is 14.3. The second-order valence-corrected chi connectivity index (χ2v) is 6.43. The van der Waals surface area contributed by atoms with E-state index < -0.39 is 0 Å². The molecular weight excluding hydrogens is 292 g/mol. The zero-order chi connectivity index (χ0) is 16.9. The number of methoxy groups -OCH3 is 1. The maximum atomic E-state index is 12.4. The van der Waals surface area contributed by atoms with Gasteiger partial charge in [0.25, 0.3) is 0 Å². The van der Waals surface area contributed by atoms with E-state index in [2.05, 4.69) is 12.2 Å². The molecule has 2 amide bonds. The number of ether oxygens (including phenoxy) is 1. The predicted molar refractivity (Wildman–Crippen MR) is 91.5 cm³/mol. The van der Waals surface area contributed by atoms with Crippen molar-refractivity contribution in [3.8, 4) is 0 Å². The van der Waals surface area contributed by atoms with Gasteiger partial charge in [0.1, 0.15) is 0 Å². The lowest BCUT2D eigenvalue weighted by Crippen LogP contribution is -2.46. The van der Waals surface area contributed by atoms with Crippen molar-refractivity contribution >= 4 is 11.7 Å². The molecule has 1 aromatic carbocycles. The van der Waals surface area contributed by atoms with Crippen LogP contribution in [0.5, 0.6) is 0 Å². The van der Waals surface area contributed by atoms with Crippen LogP contribution in [0.3, 0.4) is 0 Å². The van der Waals surface area contributed by atoms with E-state index in [1.165, 1.54) is 0 Å². The number of hydrogen-bond donors (Lipinski definition) is 2. The van der Waals surface area contributed by atoms with Crippen LogP contribution in [0.15, 0.2) is 24.3 Å². The molecule has 1 aliphatic rings. The Labute approximate surface area is 138 Å². The van der Waals surface area contributed by atoms with Gasteiger partial charge in [-0.25, -0.2) is 4.79 Å². The number of hydrogen-bond acceptors (Lipinski definition) is 3. The fourth-order valence-corrected chi connectivity index (χ4v) is 3.02. The summed E-state index contributed by atoms with van der Waals surface area (Å²) in [6.07, 6.45) is 2.66. The number of urea groups is 1. The third kappa shape index (κ3) is 4.24. The molecule has 0 radical (unpaired) electrons. The minimum absolute atomic E-state index is 0.00318. The number of anilines is 1. The maximum Gasteiger partial charge on any atom is 0.321 e. The minimum atomic E-state index is -0.0742. The van der Waals surface area contributed by atoms with Crippen molar-refractivity contribution in [2.45, 2.75) is 39.2 Å². The third-order valence-electron chi connectivity index (χ3n) is 5.16. The summed E-state index contributed by atoms with van der Waals surface area (Å²) in [6.45, 7) is 5.66. The standard InChI is InChI=1S/C18H28N2O3/c1-4-18(13-21)8-10-20(11-9-18)17(22)19-16-7-5-6-15(12-16)14(2)23-3/h5-7,12,14,21H,4,8-11,13H2,1-3H3,(H,19,22). The zero-order valence-electron chi connectivity index (χ0n) is 14.3. The van der Waals surface area contributed by atoms with Gasteiger partial charge in [-0.15, -0.1) is 0 Å². The van der Waals surface area contributed by atoms with Crippen LogP contribution in [0.25, 0.3) is 0 Å². The molecule has 1 atom stereocenters. The van der Waals surface area contributed by atoms with Gasteiger partial charge in [0, 0.05) is 32.5 Å². The first-order valence-electron chi connectivity index (χ1n) is 8.33. The van der Waals surface area contributed by atoms with Crippen molar-refractivity contribution in [3.05, 3.63) is 29.8 Å².